The van der Waals surface area contributed by atoms with Gasteiger partial charge >= 0.3 is 5.97 Å². The standard InChI is InChI=1S/C10H22N2O2/c1-4-7-12(8(2)3)9(5-6-11)10(13)14/h8-9H,4-7,11H2,1-3H3,(H,13,14). The second-order valence-electron chi connectivity index (χ2n) is 3.76. The molecule has 0 aromatic carbocycles. The van der Waals surface area contributed by atoms with Crippen LogP contribution in [0.5, 0.6) is 0 Å². The van der Waals surface area contributed by atoms with Crippen LogP contribution >= 0.6 is 0 Å². The first kappa shape index (κ1) is 13.4. The van der Waals surface area contributed by atoms with Gasteiger partial charge in [0, 0.05) is 6.04 Å². The van der Waals surface area contributed by atoms with Crippen LogP contribution in [0.25, 0.3) is 0 Å². The summed E-state index contributed by atoms with van der Waals surface area (Å²) in [7, 11) is 0. The van der Waals surface area contributed by atoms with E-state index in [0.717, 1.165) is 13.0 Å². The lowest BCUT2D eigenvalue weighted by Crippen LogP contribution is -2.46. The lowest BCUT2D eigenvalue weighted by atomic mass is 10.1. The van der Waals surface area contributed by atoms with Gasteiger partial charge in [0.15, 0.2) is 0 Å². The summed E-state index contributed by atoms with van der Waals surface area (Å²) < 4.78 is 0. The molecular weight excluding hydrogens is 180 g/mol. The molecule has 0 aliphatic carbocycles. The molecule has 0 aromatic heterocycles. The van der Waals surface area contributed by atoms with Crippen LogP contribution in [-0.4, -0.2) is 41.1 Å². The van der Waals surface area contributed by atoms with Crippen molar-refractivity contribution < 1.29 is 9.90 Å². The molecule has 0 aromatic rings. The summed E-state index contributed by atoms with van der Waals surface area (Å²) in [4.78, 5) is 13.0. The molecule has 0 aliphatic rings. The number of nitrogens with zero attached hydrogens (tertiary/aromatic N) is 1. The van der Waals surface area contributed by atoms with Crippen molar-refractivity contribution in [2.75, 3.05) is 13.1 Å². The Labute approximate surface area is 86.1 Å². The molecule has 0 bridgehead atoms. The Bertz CT molecular complexity index is 172. The molecule has 0 aliphatic heterocycles. The molecule has 0 fully saturated rings. The van der Waals surface area contributed by atoms with Crippen molar-refractivity contribution in [1.82, 2.24) is 4.90 Å². The van der Waals surface area contributed by atoms with Crippen LogP contribution < -0.4 is 5.73 Å². The Morgan fingerprint density at radius 3 is 2.36 bits per heavy atom. The van der Waals surface area contributed by atoms with Gasteiger partial charge in [-0.25, -0.2) is 0 Å². The van der Waals surface area contributed by atoms with Gasteiger partial charge in [0.05, 0.1) is 0 Å². The maximum Gasteiger partial charge on any atom is 0.320 e. The minimum atomic E-state index is -0.766. The van der Waals surface area contributed by atoms with E-state index in [1.807, 2.05) is 18.7 Å². The Kier molecular flexibility index (Phi) is 6.49. The number of nitrogens with two attached hydrogens (primary N) is 1. The van der Waals surface area contributed by atoms with E-state index in [1.165, 1.54) is 0 Å². The smallest absolute Gasteiger partial charge is 0.320 e. The Hall–Kier alpha value is -0.610. The molecule has 0 saturated carbocycles. The average molecular weight is 202 g/mol. The number of hydrogen-bond acceptors (Lipinski definition) is 3. The van der Waals surface area contributed by atoms with Crippen LogP contribution in [0.3, 0.4) is 0 Å². The predicted molar refractivity (Wildman–Crippen MR) is 57.2 cm³/mol. The van der Waals surface area contributed by atoms with Crippen molar-refractivity contribution in [3.8, 4) is 0 Å². The van der Waals surface area contributed by atoms with Crippen molar-refractivity contribution in [2.24, 2.45) is 5.73 Å². The summed E-state index contributed by atoms with van der Waals surface area (Å²) in [6.07, 6.45) is 1.49. The number of carboxylic acids is 1. The molecule has 1 unspecified atom stereocenters. The monoisotopic (exact) mass is 202 g/mol. The first-order valence-electron chi connectivity index (χ1n) is 5.23. The van der Waals surface area contributed by atoms with Crippen LogP contribution in [-0.2, 0) is 4.79 Å². The molecule has 84 valence electrons. The SMILES string of the molecule is CCCN(C(C)C)C(CCN)C(=O)O. The molecule has 4 heteroatoms. The van der Waals surface area contributed by atoms with Gasteiger partial charge in [-0.2, -0.15) is 0 Å². The fourth-order valence-electron chi connectivity index (χ4n) is 1.62. The summed E-state index contributed by atoms with van der Waals surface area (Å²) >= 11 is 0. The molecule has 0 rings (SSSR count). The summed E-state index contributed by atoms with van der Waals surface area (Å²) in [5.41, 5.74) is 5.41. The van der Waals surface area contributed by atoms with E-state index in [-0.39, 0.29) is 6.04 Å². The highest BCUT2D eigenvalue weighted by molar-refractivity contribution is 5.73. The quantitative estimate of drug-likeness (QED) is 0.644. The molecule has 1 atom stereocenters. The molecule has 0 radical (unpaired) electrons. The molecule has 0 spiro atoms. The number of rotatable bonds is 7. The van der Waals surface area contributed by atoms with Gasteiger partial charge < -0.3 is 10.8 Å². The van der Waals surface area contributed by atoms with E-state index in [0.29, 0.717) is 13.0 Å². The lowest BCUT2D eigenvalue weighted by molar-refractivity contribution is -0.144. The average Bonchev–Trinajstić information content (AvgIpc) is 2.10. The third kappa shape index (κ3) is 4.07. The number of hydrogen-bond donors (Lipinski definition) is 2. The topological polar surface area (TPSA) is 66.6 Å². The Morgan fingerprint density at radius 2 is 2.07 bits per heavy atom. The van der Waals surface area contributed by atoms with Crippen molar-refractivity contribution in [3.63, 3.8) is 0 Å². The zero-order valence-electron chi connectivity index (χ0n) is 9.36. The van der Waals surface area contributed by atoms with E-state index in [1.54, 1.807) is 0 Å². The zero-order chi connectivity index (χ0) is 11.1. The van der Waals surface area contributed by atoms with Gasteiger partial charge in [-0.3, -0.25) is 9.69 Å². The predicted octanol–water partition coefficient (Wildman–Crippen LogP) is 0.909. The van der Waals surface area contributed by atoms with E-state index >= 15 is 0 Å². The van der Waals surface area contributed by atoms with E-state index in [4.69, 9.17) is 10.8 Å². The highest BCUT2D eigenvalue weighted by Crippen LogP contribution is 2.09. The maximum absolute atomic E-state index is 11.0. The zero-order valence-corrected chi connectivity index (χ0v) is 9.36. The van der Waals surface area contributed by atoms with E-state index in [2.05, 4.69) is 6.92 Å². The maximum atomic E-state index is 11.0. The molecule has 0 heterocycles. The molecule has 14 heavy (non-hydrogen) atoms. The second kappa shape index (κ2) is 6.79. The summed E-state index contributed by atoms with van der Waals surface area (Å²) in [6, 6.07) is -0.178. The molecule has 4 nitrogen and oxygen atoms in total. The second-order valence-corrected chi connectivity index (χ2v) is 3.76. The van der Waals surface area contributed by atoms with Crippen LogP contribution in [0.1, 0.15) is 33.6 Å². The van der Waals surface area contributed by atoms with Gasteiger partial charge in [-0.1, -0.05) is 6.92 Å². The first-order chi connectivity index (χ1) is 6.54. The fraction of sp³-hybridized carbons (Fsp3) is 0.900. The minimum Gasteiger partial charge on any atom is -0.480 e. The number of carbonyl (C=O) groups is 1. The highest BCUT2D eigenvalue weighted by atomic mass is 16.4. The minimum absolute atomic E-state index is 0.252. The van der Waals surface area contributed by atoms with Gasteiger partial charge in [0.2, 0.25) is 0 Å². The van der Waals surface area contributed by atoms with Crippen LogP contribution in [0, 0.1) is 0 Å². The molecule has 0 saturated heterocycles. The molecule has 0 amide bonds. The van der Waals surface area contributed by atoms with Gasteiger partial charge in [-0.15, -0.1) is 0 Å². The third-order valence-corrected chi connectivity index (χ3v) is 2.27. The first-order valence-corrected chi connectivity index (χ1v) is 5.23. The number of aliphatic carboxylic acids is 1. The fourth-order valence-corrected chi connectivity index (χ4v) is 1.62. The van der Waals surface area contributed by atoms with Gasteiger partial charge in [-0.05, 0) is 39.8 Å². The van der Waals surface area contributed by atoms with Crippen molar-refractivity contribution >= 4 is 5.97 Å². The summed E-state index contributed by atoms with van der Waals surface area (Å²) in [5.74, 6) is -0.766. The Morgan fingerprint density at radius 1 is 1.50 bits per heavy atom. The van der Waals surface area contributed by atoms with Crippen LogP contribution in [0.2, 0.25) is 0 Å². The summed E-state index contributed by atoms with van der Waals surface area (Å²) in [6.45, 7) is 7.32. The van der Waals surface area contributed by atoms with Crippen LogP contribution in [0.4, 0.5) is 0 Å². The van der Waals surface area contributed by atoms with E-state index < -0.39 is 12.0 Å². The third-order valence-electron chi connectivity index (χ3n) is 2.27. The normalized spacial score (nSPS) is 13.6. The number of carboxylic acid groups (broad SMARTS) is 1. The van der Waals surface area contributed by atoms with Crippen molar-refractivity contribution in [2.45, 2.75) is 45.7 Å². The van der Waals surface area contributed by atoms with Crippen molar-refractivity contribution in [1.29, 1.82) is 0 Å². The summed E-state index contributed by atoms with van der Waals surface area (Å²) in [5, 5.41) is 9.05. The van der Waals surface area contributed by atoms with Gasteiger partial charge in [0.25, 0.3) is 0 Å². The van der Waals surface area contributed by atoms with Gasteiger partial charge in [0.1, 0.15) is 6.04 Å². The van der Waals surface area contributed by atoms with E-state index in [9.17, 15) is 4.79 Å². The largest absolute Gasteiger partial charge is 0.480 e. The van der Waals surface area contributed by atoms with Crippen LogP contribution in [0.15, 0.2) is 0 Å². The highest BCUT2D eigenvalue weighted by Gasteiger charge is 2.25. The lowest BCUT2D eigenvalue weighted by Gasteiger charge is -2.31. The Balaban J connectivity index is 4.46. The van der Waals surface area contributed by atoms with Crippen molar-refractivity contribution in [3.05, 3.63) is 0 Å². The molecule has 3 N–H and O–H groups in total. The molecular formula is C10H22N2O2.